The van der Waals surface area contributed by atoms with Gasteiger partial charge in [0, 0.05) is 31.5 Å². The van der Waals surface area contributed by atoms with E-state index in [4.69, 9.17) is 4.52 Å². The van der Waals surface area contributed by atoms with E-state index in [1.54, 1.807) is 24.0 Å². The molecular formula is C17H20FN3O3. The van der Waals surface area contributed by atoms with Crippen molar-refractivity contribution in [3.8, 4) is 11.4 Å². The molecular weight excluding hydrogens is 313 g/mol. The molecule has 0 saturated carbocycles. The zero-order valence-corrected chi connectivity index (χ0v) is 13.5. The van der Waals surface area contributed by atoms with Gasteiger partial charge in [0.05, 0.1) is 6.10 Å². The van der Waals surface area contributed by atoms with Crippen molar-refractivity contribution in [1.29, 1.82) is 0 Å². The number of hydrogen-bond acceptors (Lipinski definition) is 5. The monoisotopic (exact) mass is 333 g/mol. The molecule has 1 saturated heterocycles. The Labute approximate surface area is 139 Å². The number of rotatable bonds is 4. The van der Waals surface area contributed by atoms with Crippen molar-refractivity contribution in [2.24, 2.45) is 0 Å². The lowest BCUT2D eigenvalue weighted by Crippen LogP contribution is -2.40. The largest absolute Gasteiger partial charge is 0.393 e. The Bertz CT molecular complexity index is 724. The summed E-state index contributed by atoms with van der Waals surface area (Å²) < 4.78 is 18.8. The molecule has 2 aromatic rings. The van der Waals surface area contributed by atoms with Gasteiger partial charge in [0.1, 0.15) is 5.82 Å². The number of carbonyl (C=O) groups excluding carboxylic acids is 1. The Hall–Kier alpha value is -2.28. The van der Waals surface area contributed by atoms with E-state index >= 15 is 0 Å². The van der Waals surface area contributed by atoms with E-state index in [9.17, 15) is 14.3 Å². The molecule has 1 amide bonds. The van der Waals surface area contributed by atoms with Crippen LogP contribution >= 0.6 is 0 Å². The first kappa shape index (κ1) is 16.6. The van der Waals surface area contributed by atoms with Crippen LogP contribution in [0.4, 0.5) is 4.39 Å². The highest BCUT2D eigenvalue weighted by atomic mass is 19.1. The summed E-state index contributed by atoms with van der Waals surface area (Å²) in [5.41, 5.74) is 1.10. The van der Waals surface area contributed by atoms with Crippen molar-refractivity contribution in [2.45, 2.75) is 38.7 Å². The highest BCUT2D eigenvalue weighted by Crippen LogP contribution is 2.19. The summed E-state index contributed by atoms with van der Waals surface area (Å²) in [5.74, 6) is 0.373. The van der Waals surface area contributed by atoms with Gasteiger partial charge in [-0.3, -0.25) is 4.79 Å². The molecule has 7 heteroatoms. The zero-order valence-electron chi connectivity index (χ0n) is 13.5. The number of aliphatic hydroxyl groups is 1. The number of nitrogens with zero attached hydrogens (tertiary/aromatic N) is 3. The quantitative estimate of drug-likeness (QED) is 0.927. The van der Waals surface area contributed by atoms with Crippen LogP contribution in [0.25, 0.3) is 11.4 Å². The van der Waals surface area contributed by atoms with Gasteiger partial charge in [0.2, 0.25) is 17.6 Å². The van der Waals surface area contributed by atoms with Crippen LogP contribution in [-0.2, 0) is 11.2 Å². The van der Waals surface area contributed by atoms with Crippen LogP contribution in [0.5, 0.6) is 0 Å². The average Bonchev–Trinajstić information content (AvgIpc) is 3.05. The van der Waals surface area contributed by atoms with Gasteiger partial charge in [-0.15, -0.1) is 0 Å². The molecule has 6 nitrogen and oxygen atoms in total. The molecule has 0 spiro atoms. The van der Waals surface area contributed by atoms with Gasteiger partial charge in [0.25, 0.3) is 0 Å². The van der Waals surface area contributed by atoms with Gasteiger partial charge in [-0.25, -0.2) is 4.39 Å². The Balaban J connectivity index is 1.58. The summed E-state index contributed by atoms with van der Waals surface area (Å²) in [6, 6.07) is 4.76. The Morgan fingerprint density at radius 3 is 2.88 bits per heavy atom. The summed E-state index contributed by atoms with van der Waals surface area (Å²) in [5, 5.41) is 13.3. The van der Waals surface area contributed by atoms with Crippen LogP contribution in [0.15, 0.2) is 22.7 Å². The van der Waals surface area contributed by atoms with E-state index in [1.807, 2.05) is 0 Å². The molecule has 2 heterocycles. The second-order valence-electron chi connectivity index (χ2n) is 6.09. The number of aromatic nitrogens is 2. The normalized spacial score (nSPS) is 15.7. The average molecular weight is 333 g/mol. The minimum absolute atomic E-state index is 0.0167. The van der Waals surface area contributed by atoms with Gasteiger partial charge < -0.3 is 14.5 Å². The number of halogens is 1. The number of hydrogen-bond donors (Lipinski definition) is 1. The van der Waals surface area contributed by atoms with Crippen molar-refractivity contribution in [2.75, 3.05) is 13.1 Å². The van der Waals surface area contributed by atoms with Crippen molar-refractivity contribution in [3.63, 3.8) is 0 Å². The lowest BCUT2D eigenvalue weighted by atomic mass is 10.1. The fraction of sp³-hybridized carbons (Fsp3) is 0.471. The molecule has 1 aromatic carbocycles. The molecule has 0 unspecified atom stereocenters. The Morgan fingerprint density at radius 1 is 1.42 bits per heavy atom. The first-order valence-corrected chi connectivity index (χ1v) is 8.08. The predicted octanol–water partition coefficient (Wildman–Crippen LogP) is 2.10. The second-order valence-corrected chi connectivity index (χ2v) is 6.09. The van der Waals surface area contributed by atoms with E-state index in [0.29, 0.717) is 55.2 Å². The first-order chi connectivity index (χ1) is 11.5. The SMILES string of the molecule is Cc1ccc(-c2noc(CCC(=O)N3CCC(O)CC3)n2)cc1F. The molecule has 0 radical (unpaired) electrons. The van der Waals surface area contributed by atoms with Gasteiger partial charge in [-0.05, 0) is 31.4 Å². The van der Waals surface area contributed by atoms with Crippen LogP contribution < -0.4 is 0 Å². The smallest absolute Gasteiger partial charge is 0.227 e. The number of aliphatic hydroxyl groups excluding tert-OH is 1. The van der Waals surface area contributed by atoms with Crippen molar-refractivity contribution in [3.05, 3.63) is 35.5 Å². The number of piperidine rings is 1. The molecule has 0 atom stereocenters. The highest BCUT2D eigenvalue weighted by molar-refractivity contribution is 5.76. The molecule has 1 aliphatic heterocycles. The second kappa shape index (κ2) is 7.09. The molecule has 24 heavy (non-hydrogen) atoms. The summed E-state index contributed by atoms with van der Waals surface area (Å²) in [7, 11) is 0. The van der Waals surface area contributed by atoms with Gasteiger partial charge in [-0.1, -0.05) is 17.3 Å². The third-order valence-corrected chi connectivity index (χ3v) is 4.27. The standard InChI is InChI=1S/C17H20FN3O3/c1-11-2-3-12(10-14(11)18)17-19-15(24-20-17)4-5-16(23)21-8-6-13(22)7-9-21/h2-3,10,13,22H,4-9H2,1H3. The van der Waals surface area contributed by atoms with E-state index in [2.05, 4.69) is 10.1 Å². The third kappa shape index (κ3) is 3.79. The van der Waals surface area contributed by atoms with Crippen LogP contribution in [0.1, 0.15) is 30.7 Å². The van der Waals surface area contributed by atoms with Gasteiger partial charge >= 0.3 is 0 Å². The Kier molecular flexibility index (Phi) is 4.89. The fourth-order valence-corrected chi connectivity index (χ4v) is 2.69. The maximum absolute atomic E-state index is 13.6. The summed E-state index contributed by atoms with van der Waals surface area (Å²) >= 11 is 0. The van der Waals surface area contributed by atoms with Crippen LogP contribution in [0.2, 0.25) is 0 Å². The van der Waals surface area contributed by atoms with E-state index < -0.39 is 0 Å². The van der Waals surface area contributed by atoms with Gasteiger partial charge in [-0.2, -0.15) is 4.98 Å². The number of amides is 1. The lowest BCUT2D eigenvalue weighted by Gasteiger charge is -2.29. The van der Waals surface area contributed by atoms with Crippen LogP contribution in [0.3, 0.4) is 0 Å². The van der Waals surface area contributed by atoms with Crippen molar-refractivity contribution < 1.29 is 18.8 Å². The minimum atomic E-state index is -0.318. The number of carbonyl (C=O) groups is 1. The van der Waals surface area contributed by atoms with Gasteiger partial charge in [0.15, 0.2) is 0 Å². The number of aryl methyl sites for hydroxylation is 2. The summed E-state index contributed by atoms with van der Waals surface area (Å²) in [4.78, 5) is 18.1. The maximum atomic E-state index is 13.6. The number of benzene rings is 1. The molecule has 0 aliphatic carbocycles. The van der Waals surface area contributed by atoms with Crippen molar-refractivity contribution >= 4 is 5.91 Å². The molecule has 1 aliphatic rings. The summed E-state index contributed by atoms with van der Waals surface area (Å²) in [6.45, 7) is 2.85. The zero-order chi connectivity index (χ0) is 17.1. The van der Waals surface area contributed by atoms with E-state index in [1.165, 1.54) is 6.07 Å². The molecule has 1 aromatic heterocycles. The lowest BCUT2D eigenvalue weighted by molar-refractivity contribution is -0.133. The predicted molar refractivity (Wildman–Crippen MR) is 84.6 cm³/mol. The van der Waals surface area contributed by atoms with Crippen LogP contribution in [0, 0.1) is 12.7 Å². The van der Waals surface area contributed by atoms with Crippen LogP contribution in [-0.4, -0.2) is 45.2 Å². The van der Waals surface area contributed by atoms with E-state index in [0.717, 1.165) is 0 Å². The molecule has 3 rings (SSSR count). The fourth-order valence-electron chi connectivity index (χ4n) is 2.69. The third-order valence-electron chi connectivity index (χ3n) is 4.27. The molecule has 128 valence electrons. The molecule has 1 N–H and O–H groups in total. The first-order valence-electron chi connectivity index (χ1n) is 8.08. The molecule has 1 fully saturated rings. The van der Waals surface area contributed by atoms with Crippen molar-refractivity contribution in [1.82, 2.24) is 15.0 Å². The minimum Gasteiger partial charge on any atom is -0.393 e. The highest BCUT2D eigenvalue weighted by Gasteiger charge is 2.21. The maximum Gasteiger partial charge on any atom is 0.227 e. The van der Waals surface area contributed by atoms with E-state index in [-0.39, 0.29) is 24.2 Å². The topological polar surface area (TPSA) is 79.5 Å². The number of likely N-dealkylation sites (tertiary alicyclic amines) is 1. The molecule has 0 bridgehead atoms. The summed E-state index contributed by atoms with van der Waals surface area (Å²) in [6.07, 6.45) is 1.56. The Morgan fingerprint density at radius 2 is 2.17 bits per heavy atom.